The number of likely N-dealkylation sites (tertiary alicyclic amines) is 1. The number of hydrogen-bond donors (Lipinski definition) is 2. The van der Waals surface area contributed by atoms with Crippen LogP contribution in [0.3, 0.4) is 0 Å². The predicted molar refractivity (Wildman–Crippen MR) is 123 cm³/mol. The van der Waals surface area contributed by atoms with E-state index in [-0.39, 0.29) is 18.7 Å². The summed E-state index contributed by atoms with van der Waals surface area (Å²) in [6.07, 6.45) is 7.10. The largest absolute Gasteiger partial charge is 0.392 e. The van der Waals surface area contributed by atoms with Crippen molar-refractivity contribution in [1.29, 1.82) is 0 Å². The van der Waals surface area contributed by atoms with Gasteiger partial charge in [-0.2, -0.15) is 0 Å². The molecule has 2 aromatic heterocycles. The number of hydrogen-bond acceptors (Lipinski definition) is 5. The van der Waals surface area contributed by atoms with Crippen LogP contribution in [0.1, 0.15) is 70.6 Å². The molecule has 0 spiro atoms. The first-order chi connectivity index (χ1) is 15.1. The van der Waals surface area contributed by atoms with Gasteiger partial charge in [0.05, 0.1) is 30.1 Å². The molecule has 4 rings (SSSR count). The minimum Gasteiger partial charge on any atom is -0.392 e. The van der Waals surface area contributed by atoms with Gasteiger partial charge in [0.25, 0.3) is 0 Å². The van der Waals surface area contributed by atoms with E-state index in [4.69, 9.17) is 15.7 Å². The summed E-state index contributed by atoms with van der Waals surface area (Å²) in [4.78, 5) is 12.2. The van der Waals surface area contributed by atoms with Crippen LogP contribution in [0.15, 0.2) is 54.9 Å². The van der Waals surface area contributed by atoms with E-state index in [1.807, 2.05) is 36.7 Å². The fraction of sp³-hybridized carbons (Fsp3) is 0.385. The monoisotopic (exact) mass is 416 g/mol. The number of piperidine rings is 1. The molecule has 0 aliphatic carbocycles. The Bertz CT molecular complexity index is 982. The third-order valence-corrected chi connectivity index (χ3v) is 6.51. The van der Waals surface area contributed by atoms with Crippen molar-refractivity contribution in [3.63, 3.8) is 0 Å². The van der Waals surface area contributed by atoms with E-state index in [0.29, 0.717) is 6.54 Å². The smallest absolute Gasteiger partial charge is 0.0681 e. The van der Waals surface area contributed by atoms with E-state index in [2.05, 4.69) is 36.9 Å². The van der Waals surface area contributed by atoms with E-state index in [0.717, 1.165) is 48.3 Å². The second kappa shape index (κ2) is 9.69. The summed E-state index contributed by atoms with van der Waals surface area (Å²) in [6.45, 7) is 5.56. The minimum atomic E-state index is 0.0303. The van der Waals surface area contributed by atoms with E-state index in [9.17, 15) is 5.11 Å². The summed E-state index contributed by atoms with van der Waals surface area (Å²) < 4.78 is 0. The van der Waals surface area contributed by atoms with Gasteiger partial charge in [0.15, 0.2) is 0 Å². The predicted octanol–water partition coefficient (Wildman–Crippen LogP) is 4.51. The fourth-order valence-corrected chi connectivity index (χ4v) is 4.87. The lowest BCUT2D eigenvalue weighted by Crippen LogP contribution is -2.37. The Labute approximate surface area is 185 Å². The number of aliphatic hydroxyl groups excluding tert-OH is 1. The van der Waals surface area contributed by atoms with Crippen molar-refractivity contribution in [3.05, 3.63) is 94.1 Å². The third kappa shape index (κ3) is 4.54. The number of aromatic nitrogens is 2. The Morgan fingerprint density at radius 2 is 1.55 bits per heavy atom. The first-order valence-corrected chi connectivity index (χ1v) is 11.1. The maximum Gasteiger partial charge on any atom is 0.0681 e. The number of aliphatic hydroxyl groups is 1. The second-order valence-electron chi connectivity index (χ2n) is 8.51. The van der Waals surface area contributed by atoms with Crippen molar-refractivity contribution in [2.24, 2.45) is 5.73 Å². The van der Waals surface area contributed by atoms with Gasteiger partial charge in [-0.25, -0.2) is 0 Å². The molecule has 31 heavy (non-hydrogen) atoms. The molecule has 162 valence electrons. The molecule has 0 unspecified atom stereocenters. The van der Waals surface area contributed by atoms with Crippen LogP contribution in [0.5, 0.6) is 0 Å². The van der Waals surface area contributed by atoms with Crippen molar-refractivity contribution >= 4 is 0 Å². The topological polar surface area (TPSA) is 75.3 Å². The molecule has 1 aromatic carbocycles. The summed E-state index contributed by atoms with van der Waals surface area (Å²) in [5.41, 5.74) is 14.1. The zero-order valence-corrected chi connectivity index (χ0v) is 18.5. The molecule has 1 aliphatic heterocycles. The standard InChI is InChI=1S/C26H32N4O/c1-18-6-4-12-28-25(18)23-8-3-9-24(26-19(2)7-5-13-29-26)30(23)16-21-11-10-20(17-31)14-22(21)15-27/h4-7,10-14,23-24,31H,3,8-9,15-17,27H2,1-2H3/t23-,24+. The molecule has 2 atom stereocenters. The van der Waals surface area contributed by atoms with E-state index in [1.54, 1.807) is 0 Å². The lowest BCUT2D eigenvalue weighted by Gasteiger charge is -2.43. The molecule has 5 nitrogen and oxygen atoms in total. The van der Waals surface area contributed by atoms with Gasteiger partial charge in [0, 0.05) is 25.5 Å². The van der Waals surface area contributed by atoms with Gasteiger partial charge >= 0.3 is 0 Å². The number of nitrogens with two attached hydrogens (primary N) is 1. The molecular weight excluding hydrogens is 384 g/mol. The molecule has 3 aromatic rings. The highest BCUT2D eigenvalue weighted by molar-refractivity contribution is 5.33. The molecule has 0 saturated carbocycles. The molecule has 1 aliphatic rings. The average molecular weight is 417 g/mol. The van der Waals surface area contributed by atoms with Gasteiger partial charge in [-0.05, 0) is 73.1 Å². The van der Waals surface area contributed by atoms with Crippen LogP contribution in [-0.4, -0.2) is 20.0 Å². The molecule has 0 amide bonds. The minimum absolute atomic E-state index is 0.0303. The number of rotatable bonds is 6. The van der Waals surface area contributed by atoms with Crippen molar-refractivity contribution in [2.45, 2.75) is 64.9 Å². The highest BCUT2D eigenvalue weighted by atomic mass is 16.3. The molecule has 5 heteroatoms. The maximum absolute atomic E-state index is 9.54. The lowest BCUT2D eigenvalue weighted by molar-refractivity contribution is 0.0676. The fourth-order valence-electron chi connectivity index (χ4n) is 4.87. The maximum atomic E-state index is 9.54. The highest BCUT2D eigenvalue weighted by Gasteiger charge is 2.35. The number of benzene rings is 1. The van der Waals surface area contributed by atoms with Crippen LogP contribution in [0.4, 0.5) is 0 Å². The lowest BCUT2D eigenvalue weighted by atomic mass is 9.88. The van der Waals surface area contributed by atoms with Crippen molar-refractivity contribution in [1.82, 2.24) is 14.9 Å². The summed E-state index contributed by atoms with van der Waals surface area (Å²) in [5, 5.41) is 9.54. The highest BCUT2D eigenvalue weighted by Crippen LogP contribution is 2.43. The van der Waals surface area contributed by atoms with E-state index < -0.39 is 0 Å². The van der Waals surface area contributed by atoms with Crippen LogP contribution >= 0.6 is 0 Å². The van der Waals surface area contributed by atoms with Crippen LogP contribution in [0.2, 0.25) is 0 Å². The zero-order chi connectivity index (χ0) is 21.8. The first-order valence-electron chi connectivity index (χ1n) is 11.1. The third-order valence-electron chi connectivity index (χ3n) is 6.51. The Morgan fingerprint density at radius 3 is 2.06 bits per heavy atom. The summed E-state index contributed by atoms with van der Waals surface area (Å²) in [7, 11) is 0. The van der Waals surface area contributed by atoms with Gasteiger partial charge in [-0.3, -0.25) is 14.9 Å². The molecule has 0 bridgehead atoms. The van der Waals surface area contributed by atoms with Crippen LogP contribution in [0, 0.1) is 13.8 Å². The molecule has 3 N–H and O–H groups in total. The molecular formula is C26H32N4O. The quantitative estimate of drug-likeness (QED) is 0.618. The normalized spacial score (nSPS) is 19.5. The second-order valence-corrected chi connectivity index (χ2v) is 8.51. The van der Waals surface area contributed by atoms with Gasteiger partial charge in [0.2, 0.25) is 0 Å². The SMILES string of the molecule is Cc1cccnc1[C@H]1CCC[C@@H](c2ncccc2C)N1Cc1ccc(CO)cc1CN. The van der Waals surface area contributed by atoms with E-state index in [1.165, 1.54) is 16.7 Å². The Balaban J connectivity index is 1.78. The molecule has 1 saturated heterocycles. The number of nitrogens with zero attached hydrogens (tertiary/aromatic N) is 3. The molecule has 0 radical (unpaired) electrons. The molecule has 1 fully saturated rings. The number of aryl methyl sites for hydroxylation is 2. The summed E-state index contributed by atoms with van der Waals surface area (Å²) >= 11 is 0. The van der Waals surface area contributed by atoms with Gasteiger partial charge < -0.3 is 10.8 Å². The summed E-state index contributed by atoms with van der Waals surface area (Å²) in [5.74, 6) is 0. The van der Waals surface area contributed by atoms with Gasteiger partial charge in [0.1, 0.15) is 0 Å². The Kier molecular flexibility index (Phi) is 6.76. The van der Waals surface area contributed by atoms with Crippen LogP contribution in [0.25, 0.3) is 0 Å². The van der Waals surface area contributed by atoms with Crippen molar-refractivity contribution in [3.8, 4) is 0 Å². The Hall–Kier alpha value is -2.60. The first kappa shape index (κ1) is 21.6. The molecule has 3 heterocycles. The van der Waals surface area contributed by atoms with Crippen LogP contribution in [-0.2, 0) is 19.7 Å². The number of pyridine rings is 2. The van der Waals surface area contributed by atoms with Crippen molar-refractivity contribution < 1.29 is 5.11 Å². The van der Waals surface area contributed by atoms with Crippen LogP contribution < -0.4 is 5.73 Å². The Morgan fingerprint density at radius 1 is 0.935 bits per heavy atom. The van der Waals surface area contributed by atoms with Gasteiger partial charge in [-0.1, -0.05) is 30.3 Å². The average Bonchev–Trinajstić information content (AvgIpc) is 2.80. The van der Waals surface area contributed by atoms with E-state index >= 15 is 0 Å². The van der Waals surface area contributed by atoms with Gasteiger partial charge in [-0.15, -0.1) is 0 Å². The zero-order valence-electron chi connectivity index (χ0n) is 18.5. The van der Waals surface area contributed by atoms with Crippen molar-refractivity contribution in [2.75, 3.05) is 0 Å². The summed E-state index contributed by atoms with van der Waals surface area (Å²) in [6, 6.07) is 14.9.